The summed E-state index contributed by atoms with van der Waals surface area (Å²) >= 11 is 0. The number of nitrogens with zero attached hydrogens (tertiary/aromatic N) is 12. The highest BCUT2D eigenvalue weighted by molar-refractivity contribution is 7.86. The number of aromatic nitrogens is 12. The third kappa shape index (κ3) is 14.9. The number of benzene rings is 18. The number of hydrogen-bond acceptors (Lipinski definition) is 10. The largest absolute Gasteiger partial charge is 0.309 e. The van der Waals surface area contributed by atoms with Crippen LogP contribution >= 0.6 is 7.14 Å². The van der Waals surface area contributed by atoms with Gasteiger partial charge >= 0.3 is 0 Å². The summed E-state index contributed by atoms with van der Waals surface area (Å²) in [5, 5.41) is 18.0. The lowest BCUT2D eigenvalue weighted by atomic mass is 9.85. The normalized spacial score (nSPS) is 11.7. The summed E-state index contributed by atoms with van der Waals surface area (Å²) in [7, 11) is -3.32. The van der Waals surface area contributed by atoms with Crippen molar-refractivity contribution < 1.29 is 4.57 Å². The Morgan fingerprint density at radius 2 is 0.441 bits per heavy atom. The van der Waals surface area contributed by atoms with Crippen molar-refractivity contribution in [1.29, 1.82) is 0 Å². The van der Waals surface area contributed by atoms with E-state index in [-0.39, 0.29) is 0 Å². The first-order chi connectivity index (χ1) is 70.6. The Morgan fingerprint density at radius 1 is 0.189 bits per heavy atom. The molecule has 0 saturated carbocycles. The van der Waals surface area contributed by atoms with Gasteiger partial charge in [-0.25, -0.2) is 44.9 Å². The number of imidazole rings is 3. The predicted molar refractivity (Wildman–Crippen MR) is 591 cm³/mol. The second-order valence-electron chi connectivity index (χ2n) is 36.3. The van der Waals surface area contributed by atoms with E-state index in [2.05, 4.69) is 362 Å². The smallest absolute Gasteiger partial charge is 0.172 e. The number of fused-ring (bicyclic) bond motifs is 19. The van der Waals surface area contributed by atoms with Gasteiger partial charge in [0, 0.05) is 100 Å². The Kier molecular flexibility index (Phi) is 21.0. The molecule has 18 aromatic carbocycles. The summed E-state index contributed by atoms with van der Waals surface area (Å²) in [5.74, 6) is 1.92. The lowest BCUT2D eigenvalue weighted by molar-refractivity contribution is 0.592. The molecule has 10 aromatic heterocycles. The Hall–Kier alpha value is -18.7. The monoisotopic (exact) mass is 1850 g/mol. The maximum absolute atomic E-state index is 16.0. The van der Waals surface area contributed by atoms with E-state index in [9.17, 15) is 0 Å². The number of pyridine rings is 6. The first-order valence-corrected chi connectivity index (χ1v) is 49.8. The minimum atomic E-state index is -3.32. The molecule has 0 atom stereocenters. The van der Waals surface area contributed by atoms with Crippen molar-refractivity contribution in [2.24, 2.45) is 0 Å². The van der Waals surface area contributed by atoms with Crippen LogP contribution in [0.2, 0.25) is 0 Å². The van der Waals surface area contributed by atoms with Crippen LogP contribution in [0.3, 0.4) is 0 Å². The second-order valence-corrected chi connectivity index (χ2v) is 39.0. The van der Waals surface area contributed by atoms with E-state index in [1.165, 1.54) is 66.1 Å². The molecule has 0 bridgehead atoms. The fourth-order valence-corrected chi connectivity index (χ4v) is 24.0. The van der Waals surface area contributed by atoms with Gasteiger partial charge in [-0.15, -0.1) is 0 Å². The fourth-order valence-electron chi connectivity index (χ4n) is 20.9. The molecule has 0 aliphatic carbocycles. The standard InChI is InChI=1S/C46H30N3OP.C46H29N3.C37H26N6/c50-51(33-18-3-1-4-19-33,34-20-5-2-6-21-34)45-39-26-11-7-22-35(39)42(36-23-8-12-27-40(36)45)31-16-15-17-32(30-31)43-37-24-9-10-25-38(37)44-46(48-43)49-29-14-13-28-41(49)47-44;1-2-13-30(14-3-1)31-24-26-32(27-25-31)42-35-17-4-6-19-37(35)43(38-20-7-5-18-36(38)42)33-15-12-16-34(29-33)44-39-21-8-9-22-40(39)45-46(48-44)49-28-11-10-23-41(49)47-45;1-23-10-14-26(15-11-23)34-40-35(27-16-12-24(2)13-17-27)42-36(41-34)28-20-18-25(19-21-28)32-29-7-3-4-8-30(29)33-37(39-32)43-22-6-5-9-31(43)38-33/h1-30H;1-29H;3-22H,1-2H3. The first-order valence-electron chi connectivity index (χ1n) is 48.1. The van der Waals surface area contributed by atoms with Gasteiger partial charge in [-0.05, 0) is 150 Å². The van der Waals surface area contributed by atoms with E-state index in [1.807, 2.05) is 144 Å². The van der Waals surface area contributed by atoms with Crippen LogP contribution in [-0.4, -0.2) is 58.1 Å². The average molecular weight is 1850 g/mol. The van der Waals surface area contributed by atoms with Gasteiger partial charge in [-0.2, -0.15) is 0 Å². The molecule has 0 saturated heterocycles. The van der Waals surface area contributed by atoms with Crippen LogP contribution in [0.25, 0.3) is 238 Å². The van der Waals surface area contributed by atoms with Crippen LogP contribution in [-0.2, 0) is 4.57 Å². The van der Waals surface area contributed by atoms with Gasteiger partial charge < -0.3 is 4.57 Å². The molecule has 0 N–H and O–H groups in total. The zero-order valence-corrected chi connectivity index (χ0v) is 78.7. The quantitative estimate of drug-likeness (QED) is 0.0807. The molecule has 0 aliphatic heterocycles. The Balaban J connectivity index is 0.000000110. The van der Waals surface area contributed by atoms with E-state index >= 15 is 4.57 Å². The van der Waals surface area contributed by atoms with Crippen molar-refractivity contribution in [3.05, 3.63) is 491 Å². The van der Waals surface area contributed by atoms with Gasteiger partial charge in [0.15, 0.2) is 41.6 Å². The average Bonchev–Trinajstić information content (AvgIpc) is 1.44. The molecule has 14 heteroatoms. The van der Waals surface area contributed by atoms with E-state index in [0.29, 0.717) is 17.5 Å². The molecule has 0 spiro atoms. The molecule has 143 heavy (non-hydrogen) atoms. The molecular weight excluding hydrogens is 1760 g/mol. The van der Waals surface area contributed by atoms with Gasteiger partial charge in [-0.1, -0.05) is 424 Å². The summed E-state index contributed by atoms with van der Waals surface area (Å²) in [6.07, 6.45) is 6.08. The van der Waals surface area contributed by atoms with Crippen molar-refractivity contribution in [2.75, 3.05) is 0 Å². The van der Waals surface area contributed by atoms with Crippen LogP contribution in [0.1, 0.15) is 11.1 Å². The number of rotatable bonds is 13. The summed E-state index contributed by atoms with van der Waals surface area (Å²) in [6.45, 7) is 4.15. The van der Waals surface area contributed by atoms with Crippen LogP contribution in [0.15, 0.2) is 480 Å². The Bertz CT molecular complexity index is 9740. The van der Waals surface area contributed by atoms with Crippen molar-refractivity contribution in [3.8, 4) is 112 Å². The van der Waals surface area contributed by atoms with Crippen LogP contribution in [0, 0.1) is 13.8 Å². The predicted octanol–water partition coefficient (Wildman–Crippen LogP) is 30.8. The van der Waals surface area contributed by atoms with Crippen molar-refractivity contribution in [1.82, 2.24) is 58.1 Å². The summed E-state index contributed by atoms with van der Waals surface area (Å²) in [4.78, 5) is 45.3. The molecule has 28 rings (SSSR count). The van der Waals surface area contributed by atoms with Crippen molar-refractivity contribution >= 4 is 149 Å². The van der Waals surface area contributed by atoms with E-state index in [4.69, 9.17) is 44.9 Å². The summed E-state index contributed by atoms with van der Waals surface area (Å²) in [6, 6.07) is 160. The zero-order valence-electron chi connectivity index (χ0n) is 77.8. The molecule has 0 amide bonds. The maximum atomic E-state index is 16.0. The third-order valence-electron chi connectivity index (χ3n) is 27.7. The molecular formula is C129H85N12OP. The fraction of sp³-hybridized carbons (Fsp3) is 0.0155. The van der Waals surface area contributed by atoms with Gasteiger partial charge in [-0.3, -0.25) is 13.2 Å². The highest BCUT2D eigenvalue weighted by Crippen LogP contribution is 2.52. The highest BCUT2D eigenvalue weighted by Gasteiger charge is 2.35. The van der Waals surface area contributed by atoms with Crippen molar-refractivity contribution in [2.45, 2.75) is 13.8 Å². The number of aryl methyl sites for hydroxylation is 2. The molecule has 0 fully saturated rings. The molecule has 28 aromatic rings. The van der Waals surface area contributed by atoms with Gasteiger partial charge in [0.25, 0.3) is 0 Å². The second kappa shape index (κ2) is 35.4. The molecule has 10 heterocycles. The zero-order chi connectivity index (χ0) is 95.2. The highest BCUT2D eigenvalue weighted by atomic mass is 31.2. The summed E-state index contributed by atoms with van der Waals surface area (Å²) < 4.78 is 22.2. The van der Waals surface area contributed by atoms with Gasteiger partial charge in [0.1, 0.15) is 33.5 Å². The maximum Gasteiger partial charge on any atom is 0.172 e. The van der Waals surface area contributed by atoms with E-state index < -0.39 is 7.14 Å². The lowest BCUT2D eigenvalue weighted by Crippen LogP contribution is -2.26. The minimum Gasteiger partial charge on any atom is -0.309 e. The van der Waals surface area contributed by atoms with Gasteiger partial charge in [0.2, 0.25) is 0 Å². The van der Waals surface area contributed by atoms with Crippen molar-refractivity contribution in [3.63, 3.8) is 0 Å². The topological polar surface area (TPSA) is 146 Å². The Labute approximate surface area is 822 Å². The third-order valence-corrected chi connectivity index (χ3v) is 30.8. The SMILES string of the molecule is Cc1ccc(-c2nc(-c3ccc(C)cc3)nc(-c3ccc(-c4nc5c(nc6ccccn65)c5ccccc45)cc3)n2)cc1.O=P(c1ccccc1)(c1ccccc1)c1c2ccccc2c(-c2cccc(-c3nc4c(nc5ccccn54)c4ccccc34)c2)c2ccccc12.c1ccc(-c2ccc(-c3c4ccccc4c(-c4cccc(-c5nc6c(nc7ccccn76)c6ccccc56)c4)c4ccccc34)cc2)cc1. The molecule has 672 valence electrons. The lowest BCUT2D eigenvalue weighted by Gasteiger charge is -2.25. The van der Waals surface area contributed by atoms with Crippen LogP contribution in [0.4, 0.5) is 0 Å². The molecule has 0 radical (unpaired) electrons. The van der Waals surface area contributed by atoms with Gasteiger partial charge in [0.05, 0.1) is 17.1 Å². The molecule has 0 unspecified atom stereocenters. The van der Waals surface area contributed by atoms with E-state index in [0.717, 1.165) is 182 Å². The van der Waals surface area contributed by atoms with E-state index in [1.54, 1.807) is 0 Å². The first kappa shape index (κ1) is 84.8. The van der Waals surface area contributed by atoms with Crippen LogP contribution in [0.5, 0.6) is 0 Å². The van der Waals surface area contributed by atoms with Crippen LogP contribution < -0.4 is 15.9 Å². The molecule has 0 aliphatic rings. The number of hydrogen-bond donors (Lipinski definition) is 0. The minimum absolute atomic E-state index is 0.628. The summed E-state index contributed by atoms with van der Waals surface area (Å²) in [5.41, 5.74) is 28.5. The molecule has 13 nitrogen and oxygen atoms in total. The Morgan fingerprint density at radius 3 is 0.804 bits per heavy atom.